The molecule has 3 amide bonds. The third kappa shape index (κ3) is 5.08. The van der Waals surface area contributed by atoms with Gasteiger partial charge in [0, 0.05) is 42.4 Å². The molecule has 1 aliphatic heterocycles. The average molecular weight is 411 g/mol. The number of ether oxygens (including phenoxy) is 2. The van der Waals surface area contributed by atoms with Crippen LogP contribution in [0.25, 0.3) is 0 Å². The van der Waals surface area contributed by atoms with Gasteiger partial charge in [-0.3, -0.25) is 14.4 Å². The van der Waals surface area contributed by atoms with Crippen LogP contribution in [0, 0.1) is 0 Å². The molecule has 0 radical (unpaired) electrons. The zero-order valence-corrected chi connectivity index (χ0v) is 17.1. The molecular weight excluding hydrogens is 386 g/mol. The summed E-state index contributed by atoms with van der Waals surface area (Å²) in [6.45, 7) is 0.813. The minimum atomic E-state index is -0.355. The number of methoxy groups -OCH3 is 2. The second-order valence-electron chi connectivity index (χ2n) is 6.83. The molecule has 0 aromatic heterocycles. The lowest BCUT2D eigenvalue weighted by molar-refractivity contribution is -0.120. The standard InChI is InChI=1S/C22H25N3O5/c1-29-18-10-7-16(19(12-18)30-2)13-23-20(26)14-24-22(28)15-5-8-17(9-6-15)25-11-3-4-21(25)27/h5-10,12H,3-4,11,13-14H2,1-2H3,(H,23,26)(H,24,28). The van der Waals surface area contributed by atoms with E-state index in [2.05, 4.69) is 10.6 Å². The van der Waals surface area contributed by atoms with Crippen LogP contribution in [0.4, 0.5) is 5.69 Å². The maximum absolute atomic E-state index is 12.3. The molecule has 3 rings (SSSR count). The predicted octanol–water partition coefficient (Wildman–Crippen LogP) is 1.88. The van der Waals surface area contributed by atoms with E-state index in [9.17, 15) is 14.4 Å². The molecule has 2 N–H and O–H groups in total. The summed E-state index contributed by atoms with van der Waals surface area (Å²) in [5.41, 5.74) is 2.00. The molecular formula is C22H25N3O5. The topological polar surface area (TPSA) is 97.0 Å². The molecule has 30 heavy (non-hydrogen) atoms. The number of carbonyl (C=O) groups is 3. The van der Waals surface area contributed by atoms with E-state index in [1.54, 1.807) is 55.5 Å². The van der Waals surface area contributed by atoms with E-state index in [-0.39, 0.29) is 30.8 Å². The van der Waals surface area contributed by atoms with Crippen LogP contribution >= 0.6 is 0 Å². The fraction of sp³-hybridized carbons (Fsp3) is 0.318. The van der Waals surface area contributed by atoms with Crippen molar-refractivity contribution < 1.29 is 23.9 Å². The van der Waals surface area contributed by atoms with Crippen LogP contribution in [-0.4, -0.2) is 45.0 Å². The van der Waals surface area contributed by atoms with Gasteiger partial charge in [-0.1, -0.05) is 0 Å². The van der Waals surface area contributed by atoms with Gasteiger partial charge >= 0.3 is 0 Å². The highest BCUT2D eigenvalue weighted by molar-refractivity contribution is 5.98. The van der Waals surface area contributed by atoms with Crippen molar-refractivity contribution in [3.63, 3.8) is 0 Å². The highest BCUT2D eigenvalue weighted by Gasteiger charge is 2.21. The second-order valence-corrected chi connectivity index (χ2v) is 6.83. The number of carbonyl (C=O) groups excluding carboxylic acids is 3. The number of hydrogen-bond acceptors (Lipinski definition) is 5. The fourth-order valence-electron chi connectivity index (χ4n) is 3.23. The van der Waals surface area contributed by atoms with Crippen molar-refractivity contribution in [2.75, 3.05) is 32.2 Å². The Labute approximate surface area is 175 Å². The maximum atomic E-state index is 12.3. The van der Waals surface area contributed by atoms with Gasteiger partial charge in [0.2, 0.25) is 11.8 Å². The number of nitrogens with one attached hydrogen (secondary N) is 2. The maximum Gasteiger partial charge on any atom is 0.251 e. The van der Waals surface area contributed by atoms with Gasteiger partial charge in [0.05, 0.1) is 20.8 Å². The van der Waals surface area contributed by atoms with E-state index in [0.29, 0.717) is 30.0 Å². The Kier molecular flexibility index (Phi) is 6.90. The lowest BCUT2D eigenvalue weighted by Gasteiger charge is -2.15. The summed E-state index contributed by atoms with van der Waals surface area (Å²) in [4.78, 5) is 37.9. The smallest absolute Gasteiger partial charge is 0.251 e. The van der Waals surface area contributed by atoms with E-state index < -0.39 is 0 Å². The molecule has 2 aromatic carbocycles. The van der Waals surface area contributed by atoms with Crippen molar-refractivity contribution in [2.45, 2.75) is 19.4 Å². The third-order valence-corrected chi connectivity index (χ3v) is 4.89. The summed E-state index contributed by atoms with van der Waals surface area (Å²) < 4.78 is 10.5. The lowest BCUT2D eigenvalue weighted by Crippen LogP contribution is -2.36. The van der Waals surface area contributed by atoms with E-state index in [1.165, 1.54) is 0 Å². The number of nitrogens with zero attached hydrogens (tertiary/aromatic N) is 1. The summed E-state index contributed by atoms with van der Waals surface area (Å²) in [5, 5.41) is 5.35. The summed E-state index contributed by atoms with van der Waals surface area (Å²) >= 11 is 0. The molecule has 0 spiro atoms. The second kappa shape index (κ2) is 9.78. The number of amides is 3. The Hall–Kier alpha value is -3.55. The Morgan fingerprint density at radius 3 is 2.43 bits per heavy atom. The Morgan fingerprint density at radius 1 is 1.03 bits per heavy atom. The largest absolute Gasteiger partial charge is 0.497 e. The van der Waals surface area contributed by atoms with Gasteiger partial charge in [0.1, 0.15) is 11.5 Å². The van der Waals surface area contributed by atoms with Gasteiger partial charge in [-0.15, -0.1) is 0 Å². The molecule has 158 valence electrons. The summed E-state index contributed by atoms with van der Waals surface area (Å²) in [7, 11) is 3.11. The van der Waals surface area contributed by atoms with Gasteiger partial charge < -0.3 is 25.0 Å². The SMILES string of the molecule is COc1ccc(CNC(=O)CNC(=O)c2ccc(N3CCCC3=O)cc2)c(OC)c1. The zero-order chi connectivity index (χ0) is 21.5. The molecule has 2 aromatic rings. The monoisotopic (exact) mass is 411 g/mol. The van der Waals surface area contributed by atoms with Crippen LogP contribution in [0.5, 0.6) is 11.5 Å². The van der Waals surface area contributed by atoms with Crippen molar-refractivity contribution in [1.29, 1.82) is 0 Å². The highest BCUT2D eigenvalue weighted by atomic mass is 16.5. The number of anilines is 1. The van der Waals surface area contributed by atoms with Gasteiger partial charge in [-0.25, -0.2) is 0 Å². The van der Waals surface area contributed by atoms with Crippen molar-refractivity contribution in [3.05, 3.63) is 53.6 Å². The summed E-state index contributed by atoms with van der Waals surface area (Å²) in [6, 6.07) is 12.1. The van der Waals surface area contributed by atoms with Gasteiger partial charge in [0.15, 0.2) is 0 Å². The normalized spacial score (nSPS) is 13.1. The van der Waals surface area contributed by atoms with Gasteiger partial charge in [-0.2, -0.15) is 0 Å². The molecule has 0 atom stereocenters. The van der Waals surface area contributed by atoms with E-state index in [0.717, 1.165) is 17.7 Å². The van der Waals surface area contributed by atoms with Gasteiger partial charge in [0.25, 0.3) is 5.91 Å². The number of benzene rings is 2. The Morgan fingerprint density at radius 2 is 1.80 bits per heavy atom. The minimum Gasteiger partial charge on any atom is -0.497 e. The third-order valence-electron chi connectivity index (χ3n) is 4.89. The highest BCUT2D eigenvalue weighted by Crippen LogP contribution is 2.24. The number of hydrogen-bond donors (Lipinski definition) is 2. The van der Waals surface area contributed by atoms with Crippen molar-refractivity contribution in [1.82, 2.24) is 10.6 Å². The molecule has 0 unspecified atom stereocenters. The fourth-order valence-corrected chi connectivity index (χ4v) is 3.23. The van der Waals surface area contributed by atoms with E-state index in [1.807, 2.05) is 6.07 Å². The van der Waals surface area contributed by atoms with Gasteiger partial charge in [-0.05, 0) is 42.8 Å². The minimum absolute atomic E-state index is 0.0948. The molecule has 0 bridgehead atoms. The average Bonchev–Trinajstić information content (AvgIpc) is 3.21. The van der Waals surface area contributed by atoms with Crippen LogP contribution in [0.3, 0.4) is 0 Å². The van der Waals surface area contributed by atoms with E-state index in [4.69, 9.17) is 9.47 Å². The predicted molar refractivity (Wildman–Crippen MR) is 112 cm³/mol. The first kappa shape index (κ1) is 21.2. The molecule has 0 saturated carbocycles. The van der Waals surface area contributed by atoms with Crippen molar-refractivity contribution >= 4 is 23.4 Å². The first-order chi connectivity index (χ1) is 14.5. The first-order valence-corrected chi connectivity index (χ1v) is 9.68. The van der Waals surface area contributed by atoms with Crippen LogP contribution in [0.2, 0.25) is 0 Å². The van der Waals surface area contributed by atoms with Crippen LogP contribution in [0.1, 0.15) is 28.8 Å². The molecule has 0 aliphatic carbocycles. The van der Waals surface area contributed by atoms with Crippen LogP contribution in [-0.2, 0) is 16.1 Å². The number of rotatable bonds is 8. The van der Waals surface area contributed by atoms with Crippen molar-refractivity contribution in [2.24, 2.45) is 0 Å². The lowest BCUT2D eigenvalue weighted by atomic mass is 10.2. The van der Waals surface area contributed by atoms with Crippen LogP contribution in [0.15, 0.2) is 42.5 Å². The molecule has 1 heterocycles. The van der Waals surface area contributed by atoms with Crippen molar-refractivity contribution in [3.8, 4) is 11.5 Å². The molecule has 1 saturated heterocycles. The molecule has 1 fully saturated rings. The summed E-state index contributed by atoms with van der Waals surface area (Å²) in [5.74, 6) is 0.689. The van der Waals surface area contributed by atoms with E-state index >= 15 is 0 Å². The quantitative estimate of drug-likeness (QED) is 0.691. The Balaban J connectivity index is 1.48. The Bertz CT molecular complexity index is 927. The zero-order valence-electron chi connectivity index (χ0n) is 17.1. The molecule has 1 aliphatic rings. The summed E-state index contributed by atoms with van der Waals surface area (Å²) in [6.07, 6.45) is 1.40. The van der Waals surface area contributed by atoms with Crippen LogP contribution < -0.4 is 25.0 Å². The molecule has 8 heteroatoms. The first-order valence-electron chi connectivity index (χ1n) is 9.68. The molecule has 8 nitrogen and oxygen atoms in total.